The van der Waals surface area contributed by atoms with Gasteiger partial charge in [-0.2, -0.15) is 15.2 Å². The van der Waals surface area contributed by atoms with Crippen LogP contribution in [0.25, 0.3) is 28.8 Å². The first kappa shape index (κ1) is 14.3. The molecule has 0 aliphatic heterocycles. The maximum Gasteiger partial charge on any atom is 0.278 e. The second-order valence-electron chi connectivity index (χ2n) is 6.52. The van der Waals surface area contributed by atoms with E-state index in [1.54, 1.807) is 4.52 Å². The number of hydrogen-bond acceptors (Lipinski definition) is 6. The molecule has 0 saturated carbocycles. The number of imidazole rings is 1. The van der Waals surface area contributed by atoms with E-state index in [2.05, 4.69) is 30.4 Å². The number of aryl methyl sites for hydroxylation is 3. The molecule has 8 heteroatoms. The number of nitrogens with zero attached hydrogens (tertiary/aromatic N) is 6. The van der Waals surface area contributed by atoms with Crippen molar-refractivity contribution in [2.45, 2.75) is 39.5 Å². The maximum absolute atomic E-state index is 5.47. The molecule has 5 rings (SSSR count). The molecule has 0 fully saturated rings. The van der Waals surface area contributed by atoms with Crippen LogP contribution >= 0.6 is 0 Å². The summed E-state index contributed by atoms with van der Waals surface area (Å²) in [6.45, 7) is 3.94. The van der Waals surface area contributed by atoms with Gasteiger partial charge in [0, 0.05) is 11.3 Å². The standard InChI is InChI=1S/C17H17N7O/c1-9-7-13(22-24-8-10(2)18-16(9)24)17-19-15(23-25-17)14-11-5-3-4-6-12(11)20-21-14/h7-8H,3-6H2,1-2H3,(H,20,21). The fourth-order valence-corrected chi connectivity index (χ4v) is 3.44. The normalized spacial score (nSPS) is 14.2. The molecule has 4 aromatic heterocycles. The Balaban J connectivity index is 1.58. The first-order chi connectivity index (χ1) is 12.2. The molecule has 4 heterocycles. The number of H-pyrrole nitrogens is 1. The van der Waals surface area contributed by atoms with E-state index >= 15 is 0 Å². The number of aromatic nitrogens is 7. The van der Waals surface area contributed by atoms with Gasteiger partial charge in [0.1, 0.15) is 11.4 Å². The molecule has 126 valence electrons. The van der Waals surface area contributed by atoms with Gasteiger partial charge in [-0.15, -0.1) is 0 Å². The maximum atomic E-state index is 5.47. The van der Waals surface area contributed by atoms with Gasteiger partial charge in [-0.3, -0.25) is 5.10 Å². The second kappa shape index (κ2) is 5.23. The highest BCUT2D eigenvalue weighted by Crippen LogP contribution is 2.29. The molecule has 0 bridgehead atoms. The average molecular weight is 335 g/mol. The molecule has 0 aromatic carbocycles. The molecule has 0 radical (unpaired) electrons. The summed E-state index contributed by atoms with van der Waals surface area (Å²) >= 11 is 0. The van der Waals surface area contributed by atoms with Crippen LogP contribution in [0, 0.1) is 13.8 Å². The van der Waals surface area contributed by atoms with Gasteiger partial charge in [0.15, 0.2) is 5.65 Å². The first-order valence-electron chi connectivity index (χ1n) is 8.43. The molecule has 0 atom stereocenters. The molecular formula is C17H17N7O. The van der Waals surface area contributed by atoms with Gasteiger partial charge in [-0.25, -0.2) is 9.50 Å². The van der Waals surface area contributed by atoms with Crippen LogP contribution in [0.1, 0.15) is 35.4 Å². The van der Waals surface area contributed by atoms with E-state index in [1.807, 2.05) is 26.1 Å². The molecule has 0 saturated heterocycles. The SMILES string of the molecule is Cc1cn2nc(-c3nc(-c4n[nH]c5c4CCCC5)no3)cc(C)c2n1. The molecule has 0 unspecified atom stereocenters. The zero-order valence-electron chi connectivity index (χ0n) is 14.1. The van der Waals surface area contributed by atoms with Crippen molar-refractivity contribution in [1.29, 1.82) is 0 Å². The van der Waals surface area contributed by atoms with E-state index in [1.165, 1.54) is 24.1 Å². The van der Waals surface area contributed by atoms with E-state index in [0.29, 0.717) is 17.4 Å². The monoisotopic (exact) mass is 335 g/mol. The zero-order valence-corrected chi connectivity index (χ0v) is 14.1. The van der Waals surface area contributed by atoms with Crippen LogP contribution < -0.4 is 0 Å². The van der Waals surface area contributed by atoms with Crippen molar-refractivity contribution < 1.29 is 4.52 Å². The van der Waals surface area contributed by atoms with E-state index in [0.717, 1.165) is 35.4 Å². The van der Waals surface area contributed by atoms with Crippen molar-refractivity contribution in [3.63, 3.8) is 0 Å². The summed E-state index contributed by atoms with van der Waals surface area (Å²) in [6, 6.07) is 1.92. The minimum atomic E-state index is 0.388. The van der Waals surface area contributed by atoms with Gasteiger partial charge in [-0.1, -0.05) is 5.16 Å². The highest BCUT2D eigenvalue weighted by atomic mass is 16.5. The third-order valence-corrected chi connectivity index (χ3v) is 4.64. The fraction of sp³-hybridized carbons (Fsp3) is 0.353. The van der Waals surface area contributed by atoms with Crippen LogP contribution in [0.3, 0.4) is 0 Å². The number of aromatic amines is 1. The fourth-order valence-electron chi connectivity index (χ4n) is 3.44. The average Bonchev–Trinajstić information content (AvgIpc) is 3.31. The molecule has 1 N–H and O–H groups in total. The quantitative estimate of drug-likeness (QED) is 0.605. The van der Waals surface area contributed by atoms with Crippen molar-refractivity contribution in [3.05, 3.63) is 34.8 Å². The van der Waals surface area contributed by atoms with Crippen molar-refractivity contribution in [2.24, 2.45) is 0 Å². The Morgan fingerprint density at radius 3 is 2.96 bits per heavy atom. The largest absolute Gasteiger partial charge is 0.332 e. The molecule has 25 heavy (non-hydrogen) atoms. The van der Waals surface area contributed by atoms with Crippen molar-refractivity contribution in [3.8, 4) is 23.1 Å². The molecule has 8 nitrogen and oxygen atoms in total. The zero-order chi connectivity index (χ0) is 17.0. The van der Waals surface area contributed by atoms with Crippen LogP contribution in [0.4, 0.5) is 0 Å². The summed E-state index contributed by atoms with van der Waals surface area (Å²) in [5.74, 6) is 0.898. The first-order valence-corrected chi connectivity index (χ1v) is 8.43. The van der Waals surface area contributed by atoms with Gasteiger partial charge >= 0.3 is 0 Å². The molecule has 0 spiro atoms. The number of hydrogen-bond donors (Lipinski definition) is 1. The highest BCUT2D eigenvalue weighted by molar-refractivity contribution is 5.61. The Labute approximate surface area is 143 Å². The summed E-state index contributed by atoms with van der Waals surface area (Å²) in [5, 5.41) is 16.2. The van der Waals surface area contributed by atoms with E-state index in [-0.39, 0.29) is 0 Å². The van der Waals surface area contributed by atoms with Crippen LogP contribution in [0.2, 0.25) is 0 Å². The van der Waals surface area contributed by atoms with E-state index < -0.39 is 0 Å². The Morgan fingerprint density at radius 1 is 1.16 bits per heavy atom. The summed E-state index contributed by atoms with van der Waals surface area (Å²) in [7, 11) is 0. The second-order valence-corrected chi connectivity index (χ2v) is 6.52. The summed E-state index contributed by atoms with van der Waals surface area (Å²) in [4.78, 5) is 8.99. The molecule has 1 aliphatic carbocycles. The van der Waals surface area contributed by atoms with E-state index in [4.69, 9.17) is 4.52 Å². The lowest BCUT2D eigenvalue weighted by molar-refractivity contribution is 0.430. The summed E-state index contributed by atoms with van der Waals surface area (Å²) in [6.07, 6.45) is 6.28. The number of rotatable bonds is 2. The summed E-state index contributed by atoms with van der Waals surface area (Å²) in [5.41, 5.74) is 6.59. The lowest BCUT2D eigenvalue weighted by atomic mass is 9.96. The van der Waals surface area contributed by atoms with Crippen LogP contribution in [-0.2, 0) is 12.8 Å². The predicted molar refractivity (Wildman–Crippen MR) is 90.0 cm³/mol. The predicted octanol–water partition coefficient (Wildman–Crippen LogP) is 2.67. The van der Waals surface area contributed by atoms with Gasteiger partial charge in [-0.05, 0) is 51.2 Å². The third kappa shape index (κ3) is 2.25. The van der Waals surface area contributed by atoms with E-state index in [9.17, 15) is 0 Å². The van der Waals surface area contributed by atoms with Crippen LogP contribution in [0.5, 0.6) is 0 Å². The third-order valence-electron chi connectivity index (χ3n) is 4.64. The molecular weight excluding hydrogens is 318 g/mol. The highest BCUT2D eigenvalue weighted by Gasteiger charge is 2.22. The minimum absolute atomic E-state index is 0.388. The number of fused-ring (bicyclic) bond motifs is 2. The van der Waals surface area contributed by atoms with Crippen LogP contribution in [0.15, 0.2) is 16.8 Å². The van der Waals surface area contributed by atoms with Gasteiger partial charge in [0.05, 0.1) is 11.9 Å². The van der Waals surface area contributed by atoms with Crippen LogP contribution in [-0.4, -0.2) is 34.9 Å². The Bertz CT molecular complexity index is 1090. The lowest BCUT2D eigenvalue weighted by Gasteiger charge is -2.09. The topological polar surface area (TPSA) is 97.8 Å². The molecule has 1 aliphatic rings. The summed E-state index contributed by atoms with van der Waals surface area (Å²) < 4.78 is 7.22. The van der Waals surface area contributed by atoms with Gasteiger partial charge in [0.25, 0.3) is 5.89 Å². The lowest BCUT2D eigenvalue weighted by Crippen LogP contribution is -2.01. The van der Waals surface area contributed by atoms with Gasteiger partial charge < -0.3 is 4.52 Å². The Morgan fingerprint density at radius 2 is 2.04 bits per heavy atom. The Kier molecular flexibility index (Phi) is 3.00. The minimum Gasteiger partial charge on any atom is -0.332 e. The molecule has 0 amide bonds. The van der Waals surface area contributed by atoms with Crippen molar-refractivity contribution in [1.82, 2.24) is 34.9 Å². The Hall–Kier alpha value is -3.03. The van der Waals surface area contributed by atoms with Crippen molar-refractivity contribution in [2.75, 3.05) is 0 Å². The number of nitrogens with one attached hydrogen (secondary N) is 1. The molecule has 4 aromatic rings. The smallest absolute Gasteiger partial charge is 0.278 e. The van der Waals surface area contributed by atoms with Gasteiger partial charge in [0.2, 0.25) is 5.82 Å². The van der Waals surface area contributed by atoms with Crippen molar-refractivity contribution >= 4 is 5.65 Å².